The van der Waals surface area contributed by atoms with Crippen molar-refractivity contribution in [3.05, 3.63) is 53.9 Å². The van der Waals surface area contributed by atoms with E-state index in [0.717, 1.165) is 41.2 Å². The molecule has 1 aromatic carbocycles. The van der Waals surface area contributed by atoms with Crippen LogP contribution in [0.1, 0.15) is 11.1 Å². The Kier molecular flexibility index (Phi) is 3.62. The van der Waals surface area contributed by atoms with E-state index in [1.165, 1.54) is 5.56 Å². The van der Waals surface area contributed by atoms with Crippen molar-refractivity contribution in [3.63, 3.8) is 0 Å². The van der Waals surface area contributed by atoms with Gasteiger partial charge in [0.05, 0.1) is 12.3 Å². The third-order valence-electron chi connectivity index (χ3n) is 3.60. The molecule has 3 rings (SSSR count). The van der Waals surface area contributed by atoms with Crippen molar-refractivity contribution in [2.45, 2.75) is 13.3 Å². The van der Waals surface area contributed by atoms with Gasteiger partial charge in [-0.3, -0.25) is 0 Å². The molecule has 0 spiro atoms. The predicted molar refractivity (Wildman–Crippen MR) is 85.4 cm³/mol. The maximum atomic E-state index is 5.88. The van der Waals surface area contributed by atoms with E-state index < -0.39 is 0 Å². The first-order valence-electron chi connectivity index (χ1n) is 7.00. The van der Waals surface area contributed by atoms with Gasteiger partial charge in [0.2, 0.25) is 0 Å². The van der Waals surface area contributed by atoms with Crippen molar-refractivity contribution in [1.29, 1.82) is 0 Å². The van der Waals surface area contributed by atoms with E-state index in [9.17, 15) is 0 Å². The van der Waals surface area contributed by atoms with E-state index in [4.69, 9.17) is 15.5 Å². The molecule has 0 aliphatic heterocycles. The van der Waals surface area contributed by atoms with Crippen molar-refractivity contribution in [3.8, 4) is 11.3 Å². The van der Waals surface area contributed by atoms with Gasteiger partial charge in [0, 0.05) is 30.8 Å². The standard InChI is InChI=1S/C17H19N3O/c1-12-9-15(18)10-20-11-16(19-17(12)20)14-5-3-13(4-6-14)7-8-21-2/h3-6,9-11H,7-8,18H2,1-2H3. The number of hydrogen-bond donors (Lipinski definition) is 1. The SMILES string of the molecule is COCCc1ccc(-c2cn3cc(N)cc(C)c3n2)cc1. The number of rotatable bonds is 4. The van der Waals surface area contributed by atoms with E-state index in [0.29, 0.717) is 0 Å². The highest BCUT2D eigenvalue weighted by molar-refractivity contribution is 5.65. The number of nitrogen functional groups attached to an aromatic ring is 1. The second-order valence-corrected chi connectivity index (χ2v) is 5.25. The zero-order valence-electron chi connectivity index (χ0n) is 12.3. The van der Waals surface area contributed by atoms with Gasteiger partial charge in [-0.05, 0) is 30.5 Å². The fourth-order valence-corrected chi connectivity index (χ4v) is 2.50. The number of benzene rings is 1. The minimum atomic E-state index is 0.742. The summed E-state index contributed by atoms with van der Waals surface area (Å²) in [4.78, 5) is 4.70. The van der Waals surface area contributed by atoms with Gasteiger partial charge in [0.25, 0.3) is 0 Å². The molecule has 2 aromatic heterocycles. The Morgan fingerprint density at radius 1 is 1.19 bits per heavy atom. The molecule has 0 unspecified atom stereocenters. The molecular formula is C17H19N3O. The van der Waals surface area contributed by atoms with Gasteiger partial charge < -0.3 is 14.9 Å². The Morgan fingerprint density at radius 3 is 2.67 bits per heavy atom. The number of aromatic nitrogens is 2. The van der Waals surface area contributed by atoms with Gasteiger partial charge in [-0.25, -0.2) is 4.98 Å². The van der Waals surface area contributed by atoms with Crippen LogP contribution in [-0.2, 0) is 11.2 Å². The Morgan fingerprint density at radius 2 is 1.95 bits per heavy atom. The van der Waals surface area contributed by atoms with Crippen LogP contribution in [0.5, 0.6) is 0 Å². The molecule has 0 atom stereocenters. The number of fused-ring (bicyclic) bond motifs is 1. The van der Waals surface area contributed by atoms with Crippen LogP contribution in [0.2, 0.25) is 0 Å². The summed E-state index contributed by atoms with van der Waals surface area (Å²) in [5.41, 5.74) is 12.0. The highest BCUT2D eigenvalue weighted by Gasteiger charge is 2.07. The van der Waals surface area contributed by atoms with Crippen molar-refractivity contribution in [2.75, 3.05) is 19.5 Å². The molecule has 108 valence electrons. The number of ether oxygens (including phenoxy) is 1. The predicted octanol–water partition coefficient (Wildman–Crippen LogP) is 3.08. The number of methoxy groups -OCH3 is 1. The molecule has 0 aliphatic rings. The van der Waals surface area contributed by atoms with Crippen LogP contribution in [0.15, 0.2) is 42.7 Å². The molecule has 0 fully saturated rings. The quantitative estimate of drug-likeness (QED) is 0.799. The van der Waals surface area contributed by atoms with Crippen molar-refractivity contribution >= 4 is 11.3 Å². The largest absolute Gasteiger partial charge is 0.398 e. The zero-order chi connectivity index (χ0) is 14.8. The van der Waals surface area contributed by atoms with Crippen LogP contribution < -0.4 is 5.73 Å². The van der Waals surface area contributed by atoms with Gasteiger partial charge in [0.15, 0.2) is 0 Å². The molecular weight excluding hydrogens is 262 g/mol. The number of hydrogen-bond acceptors (Lipinski definition) is 3. The Labute approximate surface area is 124 Å². The summed E-state index contributed by atoms with van der Waals surface area (Å²) in [6.07, 6.45) is 4.84. The fourth-order valence-electron chi connectivity index (χ4n) is 2.50. The minimum Gasteiger partial charge on any atom is -0.398 e. The Hall–Kier alpha value is -2.33. The van der Waals surface area contributed by atoms with E-state index in [1.807, 2.05) is 29.8 Å². The lowest BCUT2D eigenvalue weighted by atomic mass is 10.1. The molecule has 4 heteroatoms. The highest BCUT2D eigenvalue weighted by atomic mass is 16.5. The second-order valence-electron chi connectivity index (χ2n) is 5.25. The number of anilines is 1. The van der Waals surface area contributed by atoms with Crippen LogP contribution in [0.25, 0.3) is 16.9 Å². The van der Waals surface area contributed by atoms with Gasteiger partial charge in [-0.1, -0.05) is 24.3 Å². The topological polar surface area (TPSA) is 52.5 Å². The van der Waals surface area contributed by atoms with E-state index >= 15 is 0 Å². The summed E-state index contributed by atoms with van der Waals surface area (Å²) >= 11 is 0. The van der Waals surface area contributed by atoms with E-state index in [2.05, 4.69) is 24.3 Å². The van der Waals surface area contributed by atoms with Gasteiger partial charge in [-0.2, -0.15) is 0 Å². The number of imidazole rings is 1. The van der Waals surface area contributed by atoms with Gasteiger partial charge in [-0.15, -0.1) is 0 Å². The first-order valence-corrected chi connectivity index (χ1v) is 7.00. The molecule has 3 aromatic rings. The molecule has 4 nitrogen and oxygen atoms in total. The maximum absolute atomic E-state index is 5.88. The number of aryl methyl sites for hydroxylation is 1. The number of nitrogens with two attached hydrogens (primary N) is 1. The second kappa shape index (κ2) is 5.58. The molecule has 0 saturated carbocycles. The van der Waals surface area contributed by atoms with Crippen molar-refractivity contribution in [2.24, 2.45) is 0 Å². The summed E-state index contributed by atoms with van der Waals surface area (Å²) in [7, 11) is 1.72. The fraction of sp³-hybridized carbons (Fsp3) is 0.235. The molecule has 2 heterocycles. The number of nitrogens with zero attached hydrogens (tertiary/aromatic N) is 2. The van der Waals surface area contributed by atoms with Gasteiger partial charge in [0.1, 0.15) is 5.65 Å². The third-order valence-corrected chi connectivity index (χ3v) is 3.60. The summed E-state index contributed by atoms with van der Waals surface area (Å²) < 4.78 is 7.08. The smallest absolute Gasteiger partial charge is 0.140 e. The average molecular weight is 281 g/mol. The van der Waals surface area contributed by atoms with Crippen LogP contribution in [-0.4, -0.2) is 23.1 Å². The summed E-state index contributed by atoms with van der Waals surface area (Å²) in [6.45, 7) is 2.77. The monoisotopic (exact) mass is 281 g/mol. The highest BCUT2D eigenvalue weighted by Crippen LogP contribution is 2.22. The lowest BCUT2D eigenvalue weighted by Crippen LogP contribution is -1.93. The molecule has 0 saturated heterocycles. The number of pyridine rings is 1. The minimum absolute atomic E-state index is 0.742. The summed E-state index contributed by atoms with van der Waals surface area (Å²) in [5, 5.41) is 0. The van der Waals surface area contributed by atoms with Crippen molar-refractivity contribution < 1.29 is 4.74 Å². The van der Waals surface area contributed by atoms with Crippen LogP contribution in [0.3, 0.4) is 0 Å². The Balaban J connectivity index is 1.95. The summed E-state index contributed by atoms with van der Waals surface area (Å²) in [5.74, 6) is 0. The van der Waals surface area contributed by atoms with Crippen LogP contribution >= 0.6 is 0 Å². The maximum Gasteiger partial charge on any atom is 0.140 e. The first kappa shape index (κ1) is 13.6. The van der Waals surface area contributed by atoms with Gasteiger partial charge >= 0.3 is 0 Å². The molecule has 0 radical (unpaired) electrons. The van der Waals surface area contributed by atoms with Crippen LogP contribution in [0.4, 0.5) is 5.69 Å². The normalized spacial score (nSPS) is 11.1. The molecule has 21 heavy (non-hydrogen) atoms. The lowest BCUT2D eigenvalue weighted by molar-refractivity contribution is 0.202. The molecule has 0 bridgehead atoms. The lowest BCUT2D eigenvalue weighted by Gasteiger charge is -2.01. The molecule has 0 amide bonds. The Bertz CT molecular complexity index is 760. The van der Waals surface area contributed by atoms with Crippen LogP contribution in [0, 0.1) is 6.92 Å². The average Bonchev–Trinajstić information content (AvgIpc) is 2.90. The van der Waals surface area contributed by atoms with Crippen molar-refractivity contribution in [1.82, 2.24) is 9.38 Å². The van der Waals surface area contributed by atoms with E-state index in [-0.39, 0.29) is 0 Å². The first-order chi connectivity index (χ1) is 10.2. The van der Waals surface area contributed by atoms with E-state index in [1.54, 1.807) is 7.11 Å². The zero-order valence-corrected chi connectivity index (χ0v) is 12.3. The molecule has 2 N–H and O–H groups in total. The third kappa shape index (κ3) is 2.76. The summed E-state index contributed by atoms with van der Waals surface area (Å²) in [6, 6.07) is 10.4. The molecule has 0 aliphatic carbocycles.